The number of nitriles is 1. The van der Waals surface area contributed by atoms with Crippen LogP contribution in [-0.2, 0) is 14.9 Å². The van der Waals surface area contributed by atoms with Gasteiger partial charge in [-0.1, -0.05) is 78.9 Å². The van der Waals surface area contributed by atoms with Crippen LogP contribution in [0.25, 0.3) is 0 Å². The molecule has 0 fully saturated rings. The lowest BCUT2D eigenvalue weighted by molar-refractivity contribution is -0.00255. The van der Waals surface area contributed by atoms with Gasteiger partial charge in [0.25, 0.3) is 0 Å². The molecule has 0 radical (unpaired) electrons. The smallest absolute Gasteiger partial charge is 0.201 e. The molecule has 59 heavy (non-hydrogen) atoms. The summed E-state index contributed by atoms with van der Waals surface area (Å²) < 4.78 is 39.1. The standard InChI is InChI=1S/C48H51N2O8P/c1-33(2)50(34(3)4)59(58-28-12-27-49)32-31-56-43-18-11-16-41-45(43)47(52)44-40(46(41)51)15-10-17-42(44)55-29-30-57-48(35-13-8-7-9-14-35,36-19-23-38(53-5)24-20-36)37-21-25-39(54-6)26-22-37/h7-11,13-26,33-34H,12,28-32H2,1-6H3. The highest BCUT2D eigenvalue weighted by molar-refractivity contribution is 7.50. The van der Waals surface area contributed by atoms with Crippen molar-refractivity contribution in [3.63, 3.8) is 0 Å². The van der Waals surface area contributed by atoms with E-state index in [4.69, 9.17) is 33.5 Å². The van der Waals surface area contributed by atoms with Crippen molar-refractivity contribution in [2.45, 2.75) is 51.8 Å². The van der Waals surface area contributed by atoms with Crippen LogP contribution in [0.15, 0.2) is 115 Å². The number of carbonyl (C=O) groups excluding carboxylic acids is 2. The van der Waals surface area contributed by atoms with Crippen molar-refractivity contribution < 1.29 is 37.8 Å². The Kier molecular flexibility index (Phi) is 14.5. The summed E-state index contributed by atoms with van der Waals surface area (Å²) in [5, 5.41) is 9.12. The highest BCUT2D eigenvalue weighted by atomic mass is 31.2. The summed E-state index contributed by atoms with van der Waals surface area (Å²) in [5.41, 5.74) is 2.54. The largest absolute Gasteiger partial charge is 0.497 e. The minimum atomic E-state index is -1.09. The molecule has 10 nitrogen and oxygen atoms in total. The Bertz CT molecular complexity index is 2180. The van der Waals surface area contributed by atoms with Gasteiger partial charge in [0.1, 0.15) is 43.5 Å². The first-order valence-corrected chi connectivity index (χ1v) is 21.2. The molecule has 5 aromatic carbocycles. The molecular weight excluding hydrogens is 764 g/mol. The minimum Gasteiger partial charge on any atom is -0.497 e. The van der Waals surface area contributed by atoms with E-state index in [0.29, 0.717) is 36.4 Å². The lowest BCUT2D eigenvalue weighted by Gasteiger charge is -2.37. The Hall–Kier alpha value is -5.56. The van der Waals surface area contributed by atoms with Crippen LogP contribution in [0.4, 0.5) is 0 Å². The number of fused-ring (bicyclic) bond motifs is 2. The maximum atomic E-state index is 14.5. The predicted molar refractivity (Wildman–Crippen MR) is 229 cm³/mol. The molecule has 1 aliphatic rings. The number of nitrogens with zero attached hydrogens (tertiary/aromatic N) is 2. The SMILES string of the molecule is COc1ccc(C(OCCOc2cccc3c2C(=O)c2c(OCCP(OCCC#N)N(C(C)C)C(C)C)cccc2C3=O)(c2ccccc2)c2ccc(OC)cc2)cc1. The van der Waals surface area contributed by atoms with Crippen molar-refractivity contribution in [1.29, 1.82) is 5.26 Å². The Morgan fingerprint density at radius 2 is 1.12 bits per heavy atom. The first-order valence-electron chi connectivity index (χ1n) is 19.8. The molecule has 6 rings (SSSR count). The van der Waals surface area contributed by atoms with Gasteiger partial charge in [-0.2, -0.15) is 5.26 Å². The molecule has 0 saturated heterocycles. The quantitative estimate of drug-likeness (QED) is 0.0419. The van der Waals surface area contributed by atoms with Gasteiger partial charge in [0.15, 0.2) is 5.78 Å². The van der Waals surface area contributed by atoms with Gasteiger partial charge < -0.3 is 28.2 Å². The van der Waals surface area contributed by atoms with Crippen LogP contribution in [-0.4, -0.2) is 75.1 Å². The third-order valence-corrected chi connectivity index (χ3v) is 12.6. The topological polar surface area (TPSA) is 117 Å². The van der Waals surface area contributed by atoms with Crippen LogP contribution in [0.5, 0.6) is 23.0 Å². The van der Waals surface area contributed by atoms with E-state index in [1.165, 1.54) is 0 Å². The van der Waals surface area contributed by atoms with Gasteiger partial charge in [-0.15, -0.1) is 0 Å². The molecule has 0 saturated carbocycles. The van der Waals surface area contributed by atoms with E-state index >= 15 is 0 Å². The normalized spacial score (nSPS) is 12.9. The third kappa shape index (κ3) is 9.35. The molecule has 1 atom stereocenters. The van der Waals surface area contributed by atoms with Crippen molar-refractivity contribution in [2.24, 2.45) is 0 Å². The summed E-state index contributed by atoms with van der Waals surface area (Å²) in [6, 6.07) is 38.3. The molecule has 11 heteroatoms. The van der Waals surface area contributed by atoms with Crippen LogP contribution in [0.1, 0.15) is 82.6 Å². The van der Waals surface area contributed by atoms with E-state index < -0.39 is 13.9 Å². The van der Waals surface area contributed by atoms with Crippen LogP contribution in [0.3, 0.4) is 0 Å². The summed E-state index contributed by atoms with van der Waals surface area (Å²) in [6.07, 6.45) is 0.840. The number of ether oxygens (including phenoxy) is 5. The predicted octanol–water partition coefficient (Wildman–Crippen LogP) is 9.61. The van der Waals surface area contributed by atoms with E-state index in [9.17, 15) is 9.59 Å². The van der Waals surface area contributed by atoms with Crippen molar-refractivity contribution in [1.82, 2.24) is 4.67 Å². The highest BCUT2D eigenvalue weighted by Crippen LogP contribution is 2.46. The Morgan fingerprint density at radius 3 is 1.61 bits per heavy atom. The fourth-order valence-electron chi connectivity index (χ4n) is 7.63. The number of hydrogen-bond donors (Lipinski definition) is 0. The van der Waals surface area contributed by atoms with Crippen molar-refractivity contribution >= 4 is 19.9 Å². The molecule has 306 valence electrons. The van der Waals surface area contributed by atoms with Gasteiger partial charge in [0.2, 0.25) is 5.78 Å². The van der Waals surface area contributed by atoms with Crippen molar-refractivity contribution in [2.75, 3.05) is 46.8 Å². The van der Waals surface area contributed by atoms with Gasteiger partial charge in [-0.3, -0.25) is 14.3 Å². The van der Waals surface area contributed by atoms with E-state index in [1.807, 2.05) is 78.9 Å². The molecule has 0 heterocycles. The number of rotatable bonds is 20. The third-order valence-electron chi connectivity index (χ3n) is 10.1. The molecule has 5 aromatic rings. The number of ketones is 2. The first-order chi connectivity index (χ1) is 28.6. The fourth-order valence-corrected chi connectivity index (χ4v) is 9.70. The van der Waals surface area contributed by atoms with Gasteiger partial charge in [0.05, 0.1) is 57.7 Å². The summed E-state index contributed by atoms with van der Waals surface area (Å²) in [7, 11) is 2.17. The minimum absolute atomic E-state index is 0.0708. The van der Waals surface area contributed by atoms with Crippen LogP contribution >= 0.6 is 8.30 Å². The molecular formula is C48H51N2O8P. The Morgan fingerprint density at radius 1 is 0.610 bits per heavy atom. The average Bonchev–Trinajstić information content (AvgIpc) is 3.25. The lowest BCUT2D eigenvalue weighted by Crippen LogP contribution is -2.34. The zero-order valence-corrected chi connectivity index (χ0v) is 35.4. The number of methoxy groups -OCH3 is 2. The Balaban J connectivity index is 1.25. The van der Waals surface area contributed by atoms with Crippen LogP contribution in [0.2, 0.25) is 0 Å². The zero-order valence-electron chi connectivity index (χ0n) is 34.5. The summed E-state index contributed by atoms with van der Waals surface area (Å²) in [5.74, 6) is 1.40. The second kappa shape index (κ2) is 19.9. The van der Waals surface area contributed by atoms with E-state index in [2.05, 4.69) is 38.4 Å². The molecule has 0 spiro atoms. The van der Waals surface area contributed by atoms with E-state index in [-0.39, 0.29) is 71.5 Å². The van der Waals surface area contributed by atoms with Gasteiger partial charge in [-0.25, -0.2) is 0 Å². The van der Waals surface area contributed by atoms with Crippen molar-refractivity contribution in [3.8, 4) is 29.1 Å². The maximum Gasteiger partial charge on any atom is 0.201 e. The number of hydrogen-bond acceptors (Lipinski definition) is 10. The van der Waals surface area contributed by atoms with Gasteiger partial charge in [0, 0.05) is 29.4 Å². The van der Waals surface area contributed by atoms with E-state index in [0.717, 1.165) is 16.7 Å². The zero-order chi connectivity index (χ0) is 41.9. The highest BCUT2D eigenvalue weighted by Gasteiger charge is 2.39. The average molecular weight is 815 g/mol. The fraction of sp³-hybridized carbons (Fsp3) is 0.312. The molecule has 0 aliphatic heterocycles. The monoisotopic (exact) mass is 814 g/mol. The molecule has 1 aliphatic carbocycles. The summed E-state index contributed by atoms with van der Waals surface area (Å²) in [4.78, 5) is 28.5. The molecule has 1 unspecified atom stereocenters. The summed E-state index contributed by atoms with van der Waals surface area (Å²) >= 11 is 0. The number of benzene rings is 5. The summed E-state index contributed by atoms with van der Waals surface area (Å²) in [6.45, 7) is 9.23. The van der Waals surface area contributed by atoms with Crippen molar-refractivity contribution in [3.05, 3.63) is 154 Å². The number of carbonyl (C=O) groups is 2. The molecule has 0 bridgehead atoms. The van der Waals surface area contributed by atoms with Gasteiger partial charge >= 0.3 is 0 Å². The second-order valence-electron chi connectivity index (χ2n) is 14.4. The van der Waals surface area contributed by atoms with Gasteiger partial charge in [-0.05, 0) is 80.8 Å². The first kappa shape index (κ1) is 43.0. The van der Waals surface area contributed by atoms with Crippen LogP contribution in [0, 0.1) is 11.3 Å². The molecule has 0 amide bonds. The van der Waals surface area contributed by atoms with E-state index in [1.54, 1.807) is 50.6 Å². The molecule has 0 N–H and O–H groups in total. The lowest BCUT2D eigenvalue weighted by atomic mass is 9.80. The molecule has 0 aromatic heterocycles. The second-order valence-corrected chi connectivity index (χ2v) is 16.3. The van der Waals surface area contributed by atoms with Crippen LogP contribution < -0.4 is 18.9 Å². The maximum absolute atomic E-state index is 14.5. The Labute approximate surface area is 348 Å².